The van der Waals surface area contributed by atoms with Crippen molar-refractivity contribution in [1.82, 2.24) is 0 Å². The van der Waals surface area contributed by atoms with Crippen LogP contribution < -0.4 is 0 Å². The van der Waals surface area contributed by atoms with Crippen LogP contribution in [0.15, 0.2) is 84.9 Å². The van der Waals surface area contributed by atoms with Crippen molar-refractivity contribution in [1.29, 1.82) is 0 Å². The summed E-state index contributed by atoms with van der Waals surface area (Å²) >= 11 is 0. The van der Waals surface area contributed by atoms with E-state index in [1.54, 1.807) is 0 Å². The van der Waals surface area contributed by atoms with Gasteiger partial charge in [0, 0.05) is 0 Å². The molecule has 0 radical (unpaired) electrons. The molecule has 0 aliphatic rings. The third kappa shape index (κ3) is 23.9. The van der Waals surface area contributed by atoms with Crippen LogP contribution in [0.2, 0.25) is 0 Å². The molecule has 0 atom stereocenters. The van der Waals surface area contributed by atoms with Gasteiger partial charge in [0.05, 0.1) is 0 Å². The van der Waals surface area contributed by atoms with Crippen LogP contribution in [0.4, 0.5) is 0 Å². The Morgan fingerprint density at radius 2 is 0.519 bits per heavy atom. The fourth-order valence-corrected chi connectivity index (χ4v) is 1.52. The Kier molecular flexibility index (Phi) is 42.4. The maximum atomic E-state index is 2.12. The second kappa shape index (κ2) is 35.1. The largest absolute Gasteiger partial charge is 0.0683 e. The molecular weight excluding hydrogens is 324 g/mol. The van der Waals surface area contributed by atoms with Crippen LogP contribution in [-0.4, -0.2) is 0 Å². The van der Waals surface area contributed by atoms with E-state index in [1.165, 1.54) is 17.2 Å². The Balaban J connectivity index is -0.000000135. The molecule has 3 rings (SSSR count). The van der Waals surface area contributed by atoms with Gasteiger partial charge >= 0.3 is 0 Å². The molecule has 0 spiro atoms. The van der Waals surface area contributed by atoms with Crippen molar-refractivity contribution in [2.45, 2.75) is 75.7 Å². The zero-order chi connectivity index (χ0) is 21.8. The highest BCUT2D eigenvalue weighted by molar-refractivity contribution is 5.81. The second-order valence-corrected chi connectivity index (χ2v) is 4.21. The standard InChI is InChI=1S/C10H8.C6H6.C3H8.4C2H6/c1-2-6-10-8-4-3-7-9(10)5-1;1-2-4-6-5-3-1;1-3-2;4*1-2/h1-8H;1-6H;3H2,1-2H3;4*1-2H3. The second-order valence-electron chi connectivity index (χ2n) is 4.21. The predicted molar refractivity (Wildman–Crippen MR) is 132 cm³/mol. The van der Waals surface area contributed by atoms with E-state index in [4.69, 9.17) is 0 Å². The summed E-state index contributed by atoms with van der Waals surface area (Å²) in [5.41, 5.74) is 0. The first kappa shape index (κ1) is 32.6. The molecule has 0 aliphatic heterocycles. The van der Waals surface area contributed by atoms with Crippen molar-refractivity contribution < 1.29 is 0 Å². The molecule has 0 fully saturated rings. The van der Waals surface area contributed by atoms with Gasteiger partial charge in [-0.1, -0.05) is 161 Å². The Hall–Kier alpha value is -2.08. The summed E-state index contributed by atoms with van der Waals surface area (Å²) in [6.07, 6.45) is 1.25. The summed E-state index contributed by atoms with van der Waals surface area (Å²) in [5.74, 6) is 0. The number of fused-ring (bicyclic) bond motifs is 1. The van der Waals surface area contributed by atoms with Crippen LogP contribution in [0.25, 0.3) is 10.8 Å². The zero-order valence-corrected chi connectivity index (χ0v) is 19.8. The van der Waals surface area contributed by atoms with Crippen molar-refractivity contribution in [3.8, 4) is 0 Å². The van der Waals surface area contributed by atoms with E-state index in [9.17, 15) is 0 Å². The molecule has 0 heteroatoms. The third-order valence-electron chi connectivity index (χ3n) is 2.33. The first-order valence-electron chi connectivity index (χ1n) is 10.8. The lowest BCUT2D eigenvalue weighted by atomic mass is 10.1. The molecule has 3 aromatic carbocycles. The van der Waals surface area contributed by atoms with Gasteiger partial charge in [0.1, 0.15) is 0 Å². The normalized spacial score (nSPS) is 7.04. The zero-order valence-electron chi connectivity index (χ0n) is 19.8. The molecular formula is C27H46. The van der Waals surface area contributed by atoms with Crippen LogP contribution in [0.3, 0.4) is 0 Å². The molecule has 0 amide bonds. The van der Waals surface area contributed by atoms with Gasteiger partial charge < -0.3 is 0 Å². The van der Waals surface area contributed by atoms with Crippen LogP contribution in [0.5, 0.6) is 0 Å². The molecule has 154 valence electrons. The van der Waals surface area contributed by atoms with Gasteiger partial charge in [0.15, 0.2) is 0 Å². The highest BCUT2D eigenvalue weighted by atomic mass is 13.9. The van der Waals surface area contributed by atoms with Crippen molar-refractivity contribution >= 4 is 10.8 Å². The molecule has 0 aromatic heterocycles. The number of hydrogen-bond donors (Lipinski definition) is 0. The van der Waals surface area contributed by atoms with Gasteiger partial charge in [-0.15, -0.1) is 0 Å². The molecule has 0 unspecified atom stereocenters. The van der Waals surface area contributed by atoms with Gasteiger partial charge in [-0.05, 0) is 10.8 Å². The third-order valence-corrected chi connectivity index (χ3v) is 2.33. The molecule has 27 heavy (non-hydrogen) atoms. The van der Waals surface area contributed by atoms with Crippen molar-refractivity contribution in [3.63, 3.8) is 0 Å². The van der Waals surface area contributed by atoms with E-state index in [0.29, 0.717) is 0 Å². The lowest BCUT2D eigenvalue weighted by molar-refractivity contribution is 1.09. The summed E-state index contributed by atoms with van der Waals surface area (Å²) in [6, 6.07) is 28.7. The average molecular weight is 371 g/mol. The highest BCUT2D eigenvalue weighted by Gasteiger charge is 1.85. The summed E-state index contributed by atoms with van der Waals surface area (Å²) < 4.78 is 0. The lowest BCUT2D eigenvalue weighted by Gasteiger charge is -1.92. The molecule has 0 nitrogen and oxygen atoms in total. The van der Waals surface area contributed by atoms with Crippen LogP contribution in [0.1, 0.15) is 75.7 Å². The number of hydrogen-bond acceptors (Lipinski definition) is 0. The van der Waals surface area contributed by atoms with Gasteiger partial charge in [-0.2, -0.15) is 0 Å². The molecule has 3 aromatic rings. The van der Waals surface area contributed by atoms with Crippen LogP contribution >= 0.6 is 0 Å². The maximum Gasteiger partial charge on any atom is -0.0184 e. The number of benzene rings is 3. The Morgan fingerprint density at radius 3 is 0.667 bits per heavy atom. The molecule has 0 bridgehead atoms. The van der Waals surface area contributed by atoms with E-state index in [2.05, 4.69) is 62.4 Å². The van der Waals surface area contributed by atoms with Crippen LogP contribution in [0, 0.1) is 0 Å². The quantitative estimate of drug-likeness (QED) is 0.369. The first-order valence-corrected chi connectivity index (χ1v) is 10.8. The fourth-order valence-electron chi connectivity index (χ4n) is 1.52. The predicted octanol–water partition coefficient (Wildman–Crippen LogP) is 10.0. The molecule has 0 aliphatic carbocycles. The smallest absolute Gasteiger partial charge is 0.0184 e. The summed E-state index contributed by atoms with van der Waals surface area (Å²) in [6.45, 7) is 20.2. The van der Waals surface area contributed by atoms with E-state index < -0.39 is 0 Å². The first-order chi connectivity index (χ1) is 13.4. The minimum Gasteiger partial charge on any atom is -0.0683 e. The number of rotatable bonds is 0. The Bertz CT molecular complexity index is 449. The van der Waals surface area contributed by atoms with E-state index in [1.807, 2.05) is 91.8 Å². The van der Waals surface area contributed by atoms with Crippen molar-refractivity contribution in [2.24, 2.45) is 0 Å². The monoisotopic (exact) mass is 370 g/mol. The molecule has 0 N–H and O–H groups in total. The Morgan fingerprint density at radius 1 is 0.370 bits per heavy atom. The Labute approximate surface area is 171 Å². The van der Waals surface area contributed by atoms with Crippen molar-refractivity contribution in [3.05, 3.63) is 84.9 Å². The lowest BCUT2D eigenvalue weighted by Crippen LogP contribution is -1.67. The van der Waals surface area contributed by atoms with Crippen molar-refractivity contribution in [2.75, 3.05) is 0 Å². The summed E-state index contributed by atoms with van der Waals surface area (Å²) in [5, 5.41) is 2.62. The van der Waals surface area contributed by atoms with E-state index >= 15 is 0 Å². The van der Waals surface area contributed by atoms with E-state index in [-0.39, 0.29) is 0 Å². The van der Waals surface area contributed by atoms with Gasteiger partial charge in [-0.25, -0.2) is 0 Å². The van der Waals surface area contributed by atoms with Gasteiger partial charge in [-0.3, -0.25) is 0 Å². The highest BCUT2D eigenvalue weighted by Crippen LogP contribution is 2.11. The van der Waals surface area contributed by atoms with Gasteiger partial charge in [0.25, 0.3) is 0 Å². The van der Waals surface area contributed by atoms with E-state index in [0.717, 1.165) is 0 Å². The fraction of sp³-hybridized carbons (Fsp3) is 0.407. The molecule has 0 saturated carbocycles. The average Bonchev–Trinajstić information content (AvgIpc) is 2.81. The summed E-state index contributed by atoms with van der Waals surface area (Å²) in [4.78, 5) is 0. The van der Waals surface area contributed by atoms with Crippen LogP contribution in [-0.2, 0) is 0 Å². The van der Waals surface area contributed by atoms with Gasteiger partial charge in [0.2, 0.25) is 0 Å². The topological polar surface area (TPSA) is 0 Å². The summed E-state index contributed by atoms with van der Waals surface area (Å²) in [7, 11) is 0. The maximum absolute atomic E-state index is 2.12. The minimum absolute atomic E-state index is 1.25. The minimum atomic E-state index is 1.25. The molecule has 0 heterocycles. The molecule has 0 saturated heterocycles. The SMILES string of the molecule is CC.CC.CC.CC.CCC.c1ccc2ccccc2c1.c1ccccc1.